The molecule has 0 atom stereocenters. The molecule has 0 saturated carbocycles. The third kappa shape index (κ3) is 6.66. The summed E-state index contributed by atoms with van der Waals surface area (Å²) in [4.78, 5) is 6.32. The maximum atomic E-state index is 12.5. The zero-order valence-electron chi connectivity index (χ0n) is 17.8. The van der Waals surface area contributed by atoms with E-state index in [0.717, 1.165) is 11.3 Å². The van der Waals surface area contributed by atoms with E-state index in [2.05, 4.69) is 29.3 Å². The molecule has 2 aromatic heterocycles. The van der Waals surface area contributed by atoms with Crippen LogP contribution in [0.25, 0.3) is 0 Å². The topological polar surface area (TPSA) is 82.8 Å². The SMILES string of the molecule is CN=C(NCCN(C)S(=O)(=O)c1cccs1)N(C)Cc1cn(C)nc1C(C)C.I. The largest absolute Gasteiger partial charge is 0.355 e. The second-order valence-electron chi connectivity index (χ2n) is 6.96. The smallest absolute Gasteiger partial charge is 0.252 e. The Bertz CT molecular complexity index is 894. The summed E-state index contributed by atoms with van der Waals surface area (Å²) < 4.78 is 28.5. The van der Waals surface area contributed by atoms with Crippen LogP contribution >= 0.6 is 35.3 Å². The van der Waals surface area contributed by atoms with Gasteiger partial charge in [-0.15, -0.1) is 35.3 Å². The second kappa shape index (κ2) is 11.3. The first-order chi connectivity index (χ1) is 13.2. The van der Waals surface area contributed by atoms with Gasteiger partial charge in [0.25, 0.3) is 10.0 Å². The summed E-state index contributed by atoms with van der Waals surface area (Å²) in [6.45, 7) is 5.73. The summed E-state index contributed by atoms with van der Waals surface area (Å²) in [5, 5.41) is 9.55. The van der Waals surface area contributed by atoms with Crippen LogP contribution in [0, 0.1) is 0 Å². The first-order valence-electron chi connectivity index (χ1n) is 9.10. The van der Waals surface area contributed by atoms with Gasteiger partial charge in [0.2, 0.25) is 0 Å². The molecule has 2 rings (SSSR count). The number of guanidine groups is 1. The van der Waals surface area contributed by atoms with Gasteiger partial charge in [-0.1, -0.05) is 19.9 Å². The van der Waals surface area contributed by atoms with Gasteiger partial charge in [0.05, 0.1) is 5.69 Å². The molecule has 2 aromatic rings. The van der Waals surface area contributed by atoms with Crippen LogP contribution < -0.4 is 5.32 Å². The minimum Gasteiger partial charge on any atom is -0.355 e. The summed E-state index contributed by atoms with van der Waals surface area (Å²) in [6, 6.07) is 3.36. The first-order valence-corrected chi connectivity index (χ1v) is 11.4. The molecule has 8 nitrogen and oxygen atoms in total. The van der Waals surface area contributed by atoms with E-state index in [4.69, 9.17) is 0 Å². The van der Waals surface area contributed by atoms with Crippen LogP contribution in [0.1, 0.15) is 31.0 Å². The number of aliphatic imine (C=N–C) groups is 1. The van der Waals surface area contributed by atoms with Crippen molar-refractivity contribution in [2.75, 3.05) is 34.2 Å². The molecular weight excluding hydrogens is 523 g/mol. The van der Waals surface area contributed by atoms with Crippen molar-refractivity contribution < 1.29 is 8.42 Å². The summed E-state index contributed by atoms with van der Waals surface area (Å²) >= 11 is 1.22. The third-order valence-corrected chi connectivity index (χ3v) is 7.56. The minimum atomic E-state index is -3.43. The lowest BCUT2D eigenvalue weighted by Crippen LogP contribution is -2.42. The monoisotopic (exact) mass is 554 g/mol. The van der Waals surface area contributed by atoms with E-state index in [0.29, 0.717) is 35.7 Å². The van der Waals surface area contributed by atoms with Crippen LogP contribution in [-0.2, 0) is 23.6 Å². The lowest BCUT2D eigenvalue weighted by atomic mass is 10.1. The van der Waals surface area contributed by atoms with Crippen LogP contribution in [0.2, 0.25) is 0 Å². The molecule has 0 bridgehead atoms. The molecule has 0 unspecified atom stereocenters. The molecular formula is C18H31IN6O2S2. The number of aromatic nitrogens is 2. The third-order valence-electron chi connectivity index (χ3n) is 4.33. The van der Waals surface area contributed by atoms with Gasteiger partial charge in [-0.25, -0.2) is 8.42 Å². The summed E-state index contributed by atoms with van der Waals surface area (Å²) in [6.07, 6.45) is 2.03. The number of nitrogens with one attached hydrogen (secondary N) is 1. The Hall–Kier alpha value is -1.18. The number of hydrogen-bond acceptors (Lipinski definition) is 5. The van der Waals surface area contributed by atoms with E-state index in [1.54, 1.807) is 31.6 Å². The van der Waals surface area contributed by atoms with E-state index in [1.807, 2.05) is 29.9 Å². The summed E-state index contributed by atoms with van der Waals surface area (Å²) in [7, 11) is 3.76. The second-order valence-corrected chi connectivity index (χ2v) is 10.2. The highest BCUT2D eigenvalue weighted by molar-refractivity contribution is 14.0. The van der Waals surface area contributed by atoms with Crippen LogP contribution in [0.15, 0.2) is 32.9 Å². The summed E-state index contributed by atoms with van der Waals surface area (Å²) in [5.74, 6) is 1.05. The Kier molecular flexibility index (Phi) is 10.1. The molecule has 0 aliphatic carbocycles. The van der Waals surface area contributed by atoms with Crippen LogP contribution in [0.4, 0.5) is 0 Å². The molecule has 164 valence electrons. The molecule has 0 spiro atoms. The van der Waals surface area contributed by atoms with E-state index in [-0.39, 0.29) is 24.0 Å². The number of rotatable bonds is 8. The molecule has 0 radical (unpaired) electrons. The molecule has 29 heavy (non-hydrogen) atoms. The summed E-state index contributed by atoms with van der Waals surface area (Å²) in [5.41, 5.74) is 2.23. The fraction of sp³-hybridized carbons (Fsp3) is 0.556. The molecule has 0 fully saturated rings. The van der Waals surface area contributed by atoms with Gasteiger partial charge in [0, 0.05) is 59.6 Å². The maximum absolute atomic E-state index is 12.5. The van der Waals surface area contributed by atoms with Crippen molar-refractivity contribution in [2.24, 2.45) is 12.0 Å². The average Bonchev–Trinajstić information content (AvgIpc) is 3.28. The van der Waals surface area contributed by atoms with Gasteiger partial charge < -0.3 is 10.2 Å². The Balaban J connectivity index is 0.00000420. The molecule has 11 heteroatoms. The highest BCUT2D eigenvalue weighted by atomic mass is 127. The van der Waals surface area contributed by atoms with E-state index < -0.39 is 10.0 Å². The molecule has 0 aromatic carbocycles. The molecule has 0 amide bonds. The number of aryl methyl sites for hydroxylation is 1. The Morgan fingerprint density at radius 3 is 2.62 bits per heavy atom. The number of sulfonamides is 1. The number of likely N-dealkylation sites (N-methyl/N-ethyl adjacent to an activating group) is 1. The fourth-order valence-electron chi connectivity index (χ4n) is 2.89. The van der Waals surface area contributed by atoms with Crippen LogP contribution in [-0.4, -0.2) is 67.6 Å². The van der Waals surface area contributed by atoms with Gasteiger partial charge in [-0.05, 0) is 17.4 Å². The average molecular weight is 555 g/mol. The molecule has 0 aliphatic rings. The standard InChI is InChI=1S/C18H30N6O2S2.HI/c1-14(2)17-15(13-23(5)21-17)12-22(4)18(19-3)20-9-10-24(6)28(25,26)16-8-7-11-27-16;/h7-8,11,13-14H,9-10,12H2,1-6H3,(H,19,20);1H. The minimum absolute atomic E-state index is 0. The quantitative estimate of drug-likeness (QED) is 0.308. The van der Waals surface area contributed by atoms with Crippen molar-refractivity contribution in [3.8, 4) is 0 Å². The van der Waals surface area contributed by atoms with Crippen molar-refractivity contribution >= 4 is 51.3 Å². The van der Waals surface area contributed by atoms with E-state index in [1.165, 1.54) is 15.6 Å². The van der Waals surface area contributed by atoms with Crippen molar-refractivity contribution in [1.82, 2.24) is 24.3 Å². The van der Waals surface area contributed by atoms with E-state index in [9.17, 15) is 8.42 Å². The van der Waals surface area contributed by atoms with Gasteiger partial charge in [0.1, 0.15) is 4.21 Å². The van der Waals surface area contributed by atoms with Crippen molar-refractivity contribution in [3.05, 3.63) is 35.0 Å². The fourth-order valence-corrected chi connectivity index (χ4v) is 5.26. The lowest BCUT2D eigenvalue weighted by Gasteiger charge is -2.23. The van der Waals surface area contributed by atoms with E-state index >= 15 is 0 Å². The predicted octanol–water partition coefficient (Wildman–Crippen LogP) is 2.55. The van der Waals surface area contributed by atoms with Gasteiger partial charge >= 0.3 is 0 Å². The number of hydrogen-bond donors (Lipinski definition) is 1. The Morgan fingerprint density at radius 1 is 1.38 bits per heavy atom. The zero-order valence-corrected chi connectivity index (χ0v) is 21.7. The maximum Gasteiger partial charge on any atom is 0.252 e. The van der Waals surface area contributed by atoms with Crippen molar-refractivity contribution in [1.29, 1.82) is 0 Å². The number of halogens is 1. The Morgan fingerprint density at radius 2 is 2.07 bits per heavy atom. The highest BCUT2D eigenvalue weighted by Crippen LogP contribution is 2.20. The lowest BCUT2D eigenvalue weighted by molar-refractivity contribution is 0.449. The number of nitrogens with zero attached hydrogens (tertiary/aromatic N) is 5. The zero-order chi connectivity index (χ0) is 20.9. The van der Waals surface area contributed by atoms with Gasteiger partial charge in [-0.3, -0.25) is 9.67 Å². The molecule has 2 heterocycles. The molecule has 0 aliphatic heterocycles. The van der Waals surface area contributed by atoms with Gasteiger partial charge in [-0.2, -0.15) is 9.40 Å². The predicted molar refractivity (Wildman–Crippen MR) is 130 cm³/mol. The normalized spacial score (nSPS) is 12.3. The van der Waals surface area contributed by atoms with Crippen LogP contribution in [0.3, 0.4) is 0 Å². The highest BCUT2D eigenvalue weighted by Gasteiger charge is 2.21. The Labute approximate surface area is 195 Å². The van der Waals surface area contributed by atoms with Crippen molar-refractivity contribution in [3.63, 3.8) is 0 Å². The van der Waals surface area contributed by atoms with Crippen LogP contribution in [0.5, 0.6) is 0 Å². The molecule has 0 saturated heterocycles. The molecule has 1 N–H and O–H groups in total. The van der Waals surface area contributed by atoms with Gasteiger partial charge in [0.15, 0.2) is 5.96 Å². The van der Waals surface area contributed by atoms with Crippen molar-refractivity contribution in [2.45, 2.75) is 30.5 Å². The number of thiophene rings is 1. The first kappa shape index (κ1) is 25.9.